The lowest BCUT2D eigenvalue weighted by molar-refractivity contribution is -0.116. The van der Waals surface area contributed by atoms with E-state index in [-0.39, 0.29) is 5.91 Å². The van der Waals surface area contributed by atoms with Gasteiger partial charge in [0, 0.05) is 12.1 Å². The molecular formula is C13H15NO2. The van der Waals surface area contributed by atoms with Crippen molar-refractivity contribution >= 4 is 12.0 Å². The predicted molar refractivity (Wildman–Crippen MR) is 63.2 cm³/mol. The minimum Gasteiger partial charge on any atom is -0.497 e. The fourth-order valence-corrected chi connectivity index (χ4v) is 1.36. The molecule has 0 heterocycles. The highest BCUT2D eigenvalue weighted by Crippen LogP contribution is 2.18. The van der Waals surface area contributed by atoms with E-state index in [1.807, 2.05) is 24.3 Å². The standard InChI is InChI=1S/C13H15NO2/c1-16-12-7-2-10(3-8-12)4-9-13(15)14-11-5-6-11/h2-4,7-9,11H,5-6H2,1H3,(H,14,15)/b9-4+. The number of nitrogens with one attached hydrogen (secondary N) is 1. The van der Waals surface area contributed by atoms with Crippen molar-refractivity contribution in [2.24, 2.45) is 0 Å². The number of carbonyl (C=O) groups excluding carboxylic acids is 1. The van der Waals surface area contributed by atoms with Crippen molar-refractivity contribution in [1.82, 2.24) is 5.32 Å². The Morgan fingerprint density at radius 3 is 2.62 bits per heavy atom. The van der Waals surface area contributed by atoms with Crippen molar-refractivity contribution < 1.29 is 9.53 Å². The van der Waals surface area contributed by atoms with Crippen LogP contribution in [0.25, 0.3) is 6.08 Å². The molecule has 3 nitrogen and oxygen atoms in total. The normalized spacial score (nSPS) is 15.1. The maximum absolute atomic E-state index is 11.4. The number of rotatable bonds is 4. The molecule has 1 fully saturated rings. The number of carbonyl (C=O) groups is 1. The van der Waals surface area contributed by atoms with E-state index >= 15 is 0 Å². The lowest BCUT2D eigenvalue weighted by Gasteiger charge is -1.99. The van der Waals surface area contributed by atoms with Crippen molar-refractivity contribution in [2.45, 2.75) is 18.9 Å². The second kappa shape index (κ2) is 4.84. The van der Waals surface area contributed by atoms with Gasteiger partial charge in [-0.05, 0) is 36.6 Å². The average molecular weight is 217 g/mol. The van der Waals surface area contributed by atoms with Crippen LogP contribution in [0.3, 0.4) is 0 Å². The van der Waals surface area contributed by atoms with Crippen molar-refractivity contribution in [3.63, 3.8) is 0 Å². The van der Waals surface area contributed by atoms with Crippen molar-refractivity contribution in [3.8, 4) is 5.75 Å². The van der Waals surface area contributed by atoms with Crippen LogP contribution in [0, 0.1) is 0 Å². The van der Waals surface area contributed by atoms with Gasteiger partial charge in [0.2, 0.25) is 5.91 Å². The first-order valence-electron chi connectivity index (χ1n) is 5.40. The van der Waals surface area contributed by atoms with Gasteiger partial charge in [-0.2, -0.15) is 0 Å². The Kier molecular flexibility index (Phi) is 3.25. The van der Waals surface area contributed by atoms with Gasteiger partial charge in [-0.1, -0.05) is 12.1 Å². The van der Waals surface area contributed by atoms with Crippen LogP contribution < -0.4 is 10.1 Å². The third-order valence-electron chi connectivity index (χ3n) is 2.47. The molecule has 1 aromatic rings. The first-order valence-corrected chi connectivity index (χ1v) is 5.40. The van der Waals surface area contributed by atoms with E-state index in [1.54, 1.807) is 19.3 Å². The Labute approximate surface area is 95.1 Å². The van der Waals surface area contributed by atoms with Crippen molar-refractivity contribution in [3.05, 3.63) is 35.9 Å². The van der Waals surface area contributed by atoms with Crippen molar-refractivity contribution in [1.29, 1.82) is 0 Å². The summed E-state index contributed by atoms with van der Waals surface area (Å²) < 4.78 is 5.05. The van der Waals surface area contributed by atoms with Gasteiger partial charge in [0.1, 0.15) is 5.75 Å². The molecule has 16 heavy (non-hydrogen) atoms. The maximum Gasteiger partial charge on any atom is 0.244 e. The second-order valence-electron chi connectivity index (χ2n) is 3.89. The SMILES string of the molecule is COc1ccc(/C=C/C(=O)NC2CC2)cc1. The van der Waals surface area contributed by atoms with Crippen LogP contribution in [0.1, 0.15) is 18.4 Å². The minimum atomic E-state index is -0.0154. The molecule has 3 heteroatoms. The van der Waals surface area contributed by atoms with E-state index < -0.39 is 0 Å². The molecule has 1 aliphatic rings. The van der Waals surface area contributed by atoms with Gasteiger partial charge in [0.25, 0.3) is 0 Å². The van der Waals surface area contributed by atoms with Crippen molar-refractivity contribution in [2.75, 3.05) is 7.11 Å². The molecule has 1 saturated carbocycles. The zero-order valence-corrected chi connectivity index (χ0v) is 9.27. The van der Waals surface area contributed by atoms with E-state index in [9.17, 15) is 4.79 Å². The zero-order valence-electron chi connectivity index (χ0n) is 9.27. The topological polar surface area (TPSA) is 38.3 Å². The van der Waals surface area contributed by atoms with Gasteiger partial charge in [-0.15, -0.1) is 0 Å². The largest absolute Gasteiger partial charge is 0.497 e. The monoisotopic (exact) mass is 217 g/mol. The maximum atomic E-state index is 11.4. The van der Waals surface area contributed by atoms with Gasteiger partial charge < -0.3 is 10.1 Å². The van der Waals surface area contributed by atoms with Crippen LogP contribution in [0.15, 0.2) is 30.3 Å². The Morgan fingerprint density at radius 2 is 2.06 bits per heavy atom. The molecule has 0 aromatic heterocycles. The number of hydrogen-bond acceptors (Lipinski definition) is 2. The molecule has 0 atom stereocenters. The molecule has 0 saturated heterocycles. The molecule has 1 aromatic carbocycles. The van der Waals surface area contributed by atoms with Gasteiger partial charge >= 0.3 is 0 Å². The molecule has 0 spiro atoms. The van der Waals surface area contributed by atoms with Gasteiger partial charge in [-0.25, -0.2) is 0 Å². The molecule has 1 N–H and O–H groups in total. The molecule has 2 rings (SSSR count). The Hall–Kier alpha value is -1.77. The summed E-state index contributed by atoms with van der Waals surface area (Å²) in [5.74, 6) is 0.804. The van der Waals surface area contributed by atoms with Crippen LogP contribution in [-0.2, 0) is 4.79 Å². The van der Waals surface area contributed by atoms with Crippen LogP contribution >= 0.6 is 0 Å². The molecule has 0 bridgehead atoms. The number of methoxy groups -OCH3 is 1. The van der Waals surface area contributed by atoms with Crippen LogP contribution in [0.2, 0.25) is 0 Å². The van der Waals surface area contributed by atoms with Gasteiger partial charge in [0.15, 0.2) is 0 Å². The molecule has 0 unspecified atom stereocenters. The van der Waals surface area contributed by atoms with Crippen LogP contribution in [0.4, 0.5) is 0 Å². The summed E-state index contributed by atoms with van der Waals surface area (Å²) in [7, 11) is 1.63. The number of hydrogen-bond donors (Lipinski definition) is 1. The van der Waals surface area contributed by atoms with E-state index in [0.717, 1.165) is 24.2 Å². The summed E-state index contributed by atoms with van der Waals surface area (Å²) in [6, 6.07) is 7.99. The fraction of sp³-hybridized carbons (Fsp3) is 0.308. The molecule has 1 amide bonds. The zero-order chi connectivity index (χ0) is 11.4. The van der Waals surface area contributed by atoms with Crippen LogP contribution in [-0.4, -0.2) is 19.1 Å². The summed E-state index contributed by atoms with van der Waals surface area (Å²) in [6.45, 7) is 0. The summed E-state index contributed by atoms with van der Waals surface area (Å²) in [6.07, 6.45) is 5.60. The third-order valence-corrected chi connectivity index (χ3v) is 2.47. The summed E-state index contributed by atoms with van der Waals surface area (Å²) >= 11 is 0. The average Bonchev–Trinajstić information content (AvgIpc) is 3.11. The Balaban J connectivity index is 1.91. The number of amides is 1. The Morgan fingerprint density at radius 1 is 1.38 bits per heavy atom. The predicted octanol–water partition coefficient (Wildman–Crippen LogP) is 1.99. The highest BCUT2D eigenvalue weighted by atomic mass is 16.5. The first-order chi connectivity index (χ1) is 7.78. The highest BCUT2D eigenvalue weighted by Gasteiger charge is 2.21. The Bertz CT molecular complexity index is 391. The number of ether oxygens (including phenoxy) is 1. The molecule has 0 aliphatic heterocycles. The summed E-state index contributed by atoms with van der Waals surface area (Å²) in [5.41, 5.74) is 0.992. The van der Waals surface area contributed by atoms with E-state index in [2.05, 4.69) is 5.32 Å². The molecule has 1 aliphatic carbocycles. The molecule has 0 radical (unpaired) electrons. The van der Waals surface area contributed by atoms with E-state index in [1.165, 1.54) is 0 Å². The lowest BCUT2D eigenvalue weighted by atomic mass is 10.2. The lowest BCUT2D eigenvalue weighted by Crippen LogP contribution is -2.22. The second-order valence-corrected chi connectivity index (χ2v) is 3.89. The minimum absolute atomic E-state index is 0.0154. The van der Waals surface area contributed by atoms with Gasteiger partial charge in [-0.3, -0.25) is 4.79 Å². The van der Waals surface area contributed by atoms with Gasteiger partial charge in [0.05, 0.1) is 7.11 Å². The first kappa shape index (κ1) is 10.7. The van der Waals surface area contributed by atoms with Crippen LogP contribution in [0.5, 0.6) is 5.75 Å². The number of benzene rings is 1. The molecular weight excluding hydrogens is 202 g/mol. The summed E-state index contributed by atoms with van der Waals surface area (Å²) in [5, 5.41) is 2.90. The smallest absolute Gasteiger partial charge is 0.244 e. The quantitative estimate of drug-likeness (QED) is 0.783. The fourth-order valence-electron chi connectivity index (χ4n) is 1.36. The van der Waals surface area contributed by atoms with E-state index in [4.69, 9.17) is 4.74 Å². The summed E-state index contributed by atoms with van der Waals surface area (Å²) in [4.78, 5) is 11.4. The highest BCUT2D eigenvalue weighted by molar-refractivity contribution is 5.92. The third kappa shape index (κ3) is 3.12. The van der Waals surface area contributed by atoms with E-state index in [0.29, 0.717) is 6.04 Å². The molecule has 84 valence electrons.